The standard InChI is InChI=1S/C13H13Cl2NO2/c14-8-4-5-9(11(15)7-8)12(17)10-3-1-2-6-16-13(10)18/h4-5,7,10H,1-3,6H2,(H,16,18). The lowest BCUT2D eigenvalue weighted by Gasteiger charge is -2.13. The number of ketones is 1. The Hall–Kier alpha value is -1.06. The van der Waals surface area contributed by atoms with E-state index in [4.69, 9.17) is 23.2 Å². The summed E-state index contributed by atoms with van der Waals surface area (Å²) in [5.41, 5.74) is 0.364. The fourth-order valence-electron chi connectivity index (χ4n) is 2.07. The predicted molar refractivity (Wildman–Crippen MR) is 71.1 cm³/mol. The molecule has 1 heterocycles. The van der Waals surface area contributed by atoms with Crippen molar-refractivity contribution in [2.75, 3.05) is 6.54 Å². The molecule has 1 amide bonds. The van der Waals surface area contributed by atoms with E-state index in [0.29, 0.717) is 28.6 Å². The fraction of sp³-hybridized carbons (Fsp3) is 0.385. The number of nitrogens with one attached hydrogen (secondary N) is 1. The third kappa shape index (κ3) is 2.85. The van der Waals surface area contributed by atoms with Crippen LogP contribution in [0.25, 0.3) is 0 Å². The third-order valence-corrected chi connectivity index (χ3v) is 3.60. The minimum absolute atomic E-state index is 0.205. The maximum absolute atomic E-state index is 12.3. The lowest BCUT2D eigenvalue weighted by atomic mass is 9.93. The number of amides is 1. The van der Waals surface area contributed by atoms with Gasteiger partial charge < -0.3 is 5.32 Å². The number of Topliss-reactive ketones (excluding diaryl/α,β-unsaturated/α-hetero) is 1. The van der Waals surface area contributed by atoms with Crippen molar-refractivity contribution in [3.63, 3.8) is 0 Å². The van der Waals surface area contributed by atoms with Gasteiger partial charge in [0.1, 0.15) is 5.92 Å². The Morgan fingerprint density at radius 2 is 2.06 bits per heavy atom. The van der Waals surface area contributed by atoms with Crippen molar-refractivity contribution in [1.82, 2.24) is 5.32 Å². The highest BCUT2D eigenvalue weighted by atomic mass is 35.5. The Kier molecular flexibility index (Phi) is 4.25. The summed E-state index contributed by atoms with van der Waals surface area (Å²) in [4.78, 5) is 24.1. The molecule has 1 saturated heterocycles. The summed E-state index contributed by atoms with van der Waals surface area (Å²) in [6.07, 6.45) is 2.34. The van der Waals surface area contributed by atoms with Gasteiger partial charge in [0.2, 0.25) is 5.91 Å². The molecule has 1 aromatic rings. The molecule has 1 N–H and O–H groups in total. The number of rotatable bonds is 2. The number of benzene rings is 1. The van der Waals surface area contributed by atoms with Crippen molar-refractivity contribution in [2.24, 2.45) is 5.92 Å². The first-order valence-electron chi connectivity index (χ1n) is 5.86. The SMILES string of the molecule is O=C1NCCCCC1C(=O)c1ccc(Cl)cc1Cl. The molecular weight excluding hydrogens is 273 g/mol. The normalized spacial score (nSPS) is 20.1. The first-order valence-corrected chi connectivity index (χ1v) is 6.62. The fourth-order valence-corrected chi connectivity index (χ4v) is 2.57. The highest BCUT2D eigenvalue weighted by Gasteiger charge is 2.29. The maximum atomic E-state index is 12.3. The molecule has 3 nitrogen and oxygen atoms in total. The Labute approximate surface area is 115 Å². The molecule has 5 heteroatoms. The van der Waals surface area contributed by atoms with Crippen molar-refractivity contribution >= 4 is 34.9 Å². The van der Waals surface area contributed by atoms with Gasteiger partial charge in [0.25, 0.3) is 0 Å². The van der Waals surface area contributed by atoms with Crippen molar-refractivity contribution < 1.29 is 9.59 Å². The van der Waals surface area contributed by atoms with Gasteiger partial charge in [0, 0.05) is 17.1 Å². The van der Waals surface area contributed by atoms with E-state index < -0.39 is 5.92 Å². The summed E-state index contributed by atoms with van der Waals surface area (Å²) in [6.45, 7) is 0.636. The Morgan fingerprint density at radius 1 is 1.28 bits per heavy atom. The van der Waals surface area contributed by atoms with Gasteiger partial charge in [-0.1, -0.05) is 29.6 Å². The second-order valence-corrected chi connectivity index (χ2v) is 5.17. The minimum Gasteiger partial charge on any atom is -0.355 e. The van der Waals surface area contributed by atoms with E-state index in [1.807, 2.05) is 0 Å². The van der Waals surface area contributed by atoms with Gasteiger partial charge in [-0.2, -0.15) is 0 Å². The lowest BCUT2D eigenvalue weighted by molar-refractivity contribution is -0.123. The van der Waals surface area contributed by atoms with E-state index in [-0.39, 0.29) is 11.7 Å². The van der Waals surface area contributed by atoms with Gasteiger partial charge in [0.05, 0.1) is 5.02 Å². The van der Waals surface area contributed by atoms with Crippen LogP contribution in [-0.2, 0) is 4.79 Å². The number of carbonyl (C=O) groups excluding carboxylic acids is 2. The minimum atomic E-state index is -0.633. The van der Waals surface area contributed by atoms with Gasteiger partial charge >= 0.3 is 0 Å². The molecule has 1 aliphatic rings. The number of hydrogen-bond acceptors (Lipinski definition) is 2. The molecule has 0 saturated carbocycles. The van der Waals surface area contributed by atoms with Crippen LogP contribution >= 0.6 is 23.2 Å². The van der Waals surface area contributed by atoms with Gasteiger partial charge in [-0.05, 0) is 31.0 Å². The Balaban J connectivity index is 2.26. The second kappa shape index (κ2) is 5.72. The predicted octanol–water partition coefficient (Wildman–Crippen LogP) is 3.09. The highest BCUT2D eigenvalue weighted by Crippen LogP contribution is 2.26. The van der Waals surface area contributed by atoms with Crippen LogP contribution in [0.3, 0.4) is 0 Å². The molecule has 1 atom stereocenters. The average Bonchev–Trinajstić information content (AvgIpc) is 2.53. The van der Waals surface area contributed by atoms with E-state index in [0.717, 1.165) is 12.8 Å². The van der Waals surface area contributed by atoms with E-state index in [9.17, 15) is 9.59 Å². The van der Waals surface area contributed by atoms with Gasteiger partial charge in [-0.25, -0.2) is 0 Å². The maximum Gasteiger partial charge on any atom is 0.230 e. The molecule has 0 bridgehead atoms. The van der Waals surface area contributed by atoms with Crippen LogP contribution in [0.5, 0.6) is 0 Å². The molecule has 1 aromatic carbocycles. The first kappa shape index (κ1) is 13.4. The summed E-state index contributed by atoms with van der Waals surface area (Å²) in [5, 5.41) is 3.52. The zero-order valence-corrected chi connectivity index (χ0v) is 11.2. The molecule has 1 unspecified atom stereocenters. The van der Waals surface area contributed by atoms with Crippen LogP contribution in [-0.4, -0.2) is 18.2 Å². The van der Waals surface area contributed by atoms with Crippen LogP contribution in [0, 0.1) is 5.92 Å². The van der Waals surface area contributed by atoms with Crippen LogP contribution < -0.4 is 5.32 Å². The van der Waals surface area contributed by atoms with Crippen LogP contribution in [0.4, 0.5) is 0 Å². The summed E-state index contributed by atoms with van der Waals surface area (Å²) < 4.78 is 0. The van der Waals surface area contributed by atoms with Crippen LogP contribution in [0.15, 0.2) is 18.2 Å². The molecule has 0 radical (unpaired) electrons. The molecule has 2 rings (SSSR count). The topological polar surface area (TPSA) is 46.2 Å². The molecular formula is C13H13Cl2NO2. The van der Waals surface area contributed by atoms with E-state index in [1.165, 1.54) is 6.07 Å². The van der Waals surface area contributed by atoms with Gasteiger partial charge in [-0.15, -0.1) is 0 Å². The molecule has 0 spiro atoms. The molecule has 96 valence electrons. The average molecular weight is 286 g/mol. The molecule has 0 aliphatic carbocycles. The third-order valence-electron chi connectivity index (χ3n) is 3.05. The van der Waals surface area contributed by atoms with Crippen LogP contribution in [0.1, 0.15) is 29.6 Å². The quantitative estimate of drug-likeness (QED) is 0.670. The Morgan fingerprint density at radius 3 is 2.78 bits per heavy atom. The van der Waals surface area contributed by atoms with Crippen molar-refractivity contribution in [2.45, 2.75) is 19.3 Å². The van der Waals surface area contributed by atoms with Gasteiger partial charge in [-0.3, -0.25) is 9.59 Å². The summed E-state index contributed by atoms with van der Waals surface area (Å²) in [5.74, 6) is -1.06. The van der Waals surface area contributed by atoms with Crippen molar-refractivity contribution in [3.05, 3.63) is 33.8 Å². The lowest BCUT2D eigenvalue weighted by Crippen LogP contribution is -2.33. The van der Waals surface area contributed by atoms with Crippen LogP contribution in [0.2, 0.25) is 10.0 Å². The van der Waals surface area contributed by atoms with E-state index >= 15 is 0 Å². The van der Waals surface area contributed by atoms with Crippen molar-refractivity contribution in [3.8, 4) is 0 Å². The molecule has 18 heavy (non-hydrogen) atoms. The first-order chi connectivity index (χ1) is 8.59. The summed E-state index contributed by atoms with van der Waals surface area (Å²) in [6, 6.07) is 4.70. The second-order valence-electron chi connectivity index (χ2n) is 4.33. The molecule has 1 fully saturated rings. The van der Waals surface area contributed by atoms with E-state index in [2.05, 4.69) is 5.32 Å². The smallest absolute Gasteiger partial charge is 0.230 e. The zero-order chi connectivity index (χ0) is 13.1. The summed E-state index contributed by atoms with van der Waals surface area (Å²) >= 11 is 11.8. The van der Waals surface area contributed by atoms with E-state index in [1.54, 1.807) is 12.1 Å². The largest absolute Gasteiger partial charge is 0.355 e. The Bertz CT molecular complexity index is 488. The highest BCUT2D eigenvalue weighted by molar-refractivity contribution is 6.37. The van der Waals surface area contributed by atoms with Gasteiger partial charge in [0.15, 0.2) is 5.78 Å². The number of halogens is 2. The number of hydrogen-bond donors (Lipinski definition) is 1. The number of carbonyl (C=O) groups is 2. The molecule has 0 aromatic heterocycles. The summed E-state index contributed by atoms with van der Waals surface area (Å²) in [7, 11) is 0. The van der Waals surface area contributed by atoms with Crippen molar-refractivity contribution in [1.29, 1.82) is 0 Å². The monoisotopic (exact) mass is 285 g/mol. The molecule has 1 aliphatic heterocycles. The zero-order valence-electron chi connectivity index (χ0n) is 9.71.